The molecule has 0 aliphatic heterocycles. The van der Waals surface area contributed by atoms with Crippen LogP contribution in [0.4, 0.5) is 0 Å². The molecule has 0 spiro atoms. The van der Waals surface area contributed by atoms with Crippen LogP contribution in [-0.4, -0.2) is 36.2 Å². The molecule has 6 heteroatoms. The Bertz CT molecular complexity index is 564. The number of aromatic carboxylic acids is 1. The molecule has 0 fully saturated rings. The lowest BCUT2D eigenvalue weighted by molar-refractivity contribution is -0.151. The largest absolute Gasteiger partial charge is 0.478 e. The van der Waals surface area contributed by atoms with Crippen LogP contribution in [0, 0.1) is 11.8 Å². The van der Waals surface area contributed by atoms with Gasteiger partial charge in [-0.15, -0.1) is 0 Å². The van der Waals surface area contributed by atoms with Crippen LogP contribution < -0.4 is 0 Å². The van der Waals surface area contributed by atoms with Gasteiger partial charge in [0, 0.05) is 0 Å². The molecule has 1 unspecified atom stereocenters. The van der Waals surface area contributed by atoms with Crippen molar-refractivity contribution >= 4 is 17.9 Å². The van der Waals surface area contributed by atoms with Gasteiger partial charge in [-0.3, -0.25) is 4.79 Å². The van der Waals surface area contributed by atoms with E-state index >= 15 is 0 Å². The summed E-state index contributed by atoms with van der Waals surface area (Å²) in [5.41, 5.74) is -0.153. The van der Waals surface area contributed by atoms with E-state index in [0.29, 0.717) is 6.42 Å². The molecule has 0 aliphatic rings. The molecule has 0 aromatic heterocycles. The number of carboxylic acid groups (broad SMARTS) is 1. The highest BCUT2D eigenvalue weighted by Gasteiger charge is 2.22. The molecule has 0 amide bonds. The Balaban J connectivity index is 2.49. The highest BCUT2D eigenvalue weighted by molar-refractivity contribution is 6.02. The number of benzene rings is 1. The fourth-order valence-corrected chi connectivity index (χ4v) is 2.22. The van der Waals surface area contributed by atoms with Crippen LogP contribution in [0.3, 0.4) is 0 Å². The molecule has 0 saturated heterocycles. The first-order chi connectivity index (χ1) is 10.9. The number of esters is 2. The van der Waals surface area contributed by atoms with Gasteiger partial charge in [0.15, 0.2) is 0 Å². The summed E-state index contributed by atoms with van der Waals surface area (Å²) >= 11 is 0. The van der Waals surface area contributed by atoms with Gasteiger partial charge in [0.2, 0.25) is 0 Å². The number of carboxylic acids is 1. The van der Waals surface area contributed by atoms with Crippen LogP contribution in [0.2, 0.25) is 0 Å². The van der Waals surface area contributed by atoms with Gasteiger partial charge in [-0.25, -0.2) is 9.59 Å². The SMILES string of the molecule is CCC(C(=O)OCCOC(=O)c1ccccc1C(=O)O)C(C)C. The Morgan fingerprint density at radius 2 is 1.61 bits per heavy atom. The Hall–Kier alpha value is -2.37. The normalized spacial score (nSPS) is 11.8. The highest BCUT2D eigenvalue weighted by atomic mass is 16.6. The van der Waals surface area contributed by atoms with E-state index in [2.05, 4.69) is 0 Å². The molecular formula is C17H22O6. The van der Waals surface area contributed by atoms with E-state index < -0.39 is 11.9 Å². The lowest BCUT2D eigenvalue weighted by atomic mass is 9.94. The minimum Gasteiger partial charge on any atom is -0.478 e. The van der Waals surface area contributed by atoms with Crippen molar-refractivity contribution < 1.29 is 29.0 Å². The number of carbonyl (C=O) groups excluding carboxylic acids is 2. The van der Waals surface area contributed by atoms with Gasteiger partial charge in [-0.2, -0.15) is 0 Å². The maximum atomic E-state index is 11.9. The summed E-state index contributed by atoms with van der Waals surface area (Å²) in [6, 6.07) is 5.79. The summed E-state index contributed by atoms with van der Waals surface area (Å²) in [7, 11) is 0. The lowest BCUT2D eigenvalue weighted by Gasteiger charge is -2.17. The third-order valence-electron chi connectivity index (χ3n) is 3.49. The Morgan fingerprint density at radius 3 is 2.13 bits per heavy atom. The third-order valence-corrected chi connectivity index (χ3v) is 3.49. The van der Waals surface area contributed by atoms with E-state index in [4.69, 9.17) is 14.6 Å². The fraction of sp³-hybridized carbons (Fsp3) is 0.471. The van der Waals surface area contributed by atoms with E-state index in [1.807, 2.05) is 20.8 Å². The summed E-state index contributed by atoms with van der Waals surface area (Å²) < 4.78 is 10.1. The van der Waals surface area contributed by atoms with Crippen LogP contribution >= 0.6 is 0 Å². The molecule has 0 radical (unpaired) electrons. The monoisotopic (exact) mass is 322 g/mol. The van der Waals surface area contributed by atoms with Gasteiger partial charge in [0.25, 0.3) is 0 Å². The maximum absolute atomic E-state index is 11.9. The first-order valence-electron chi connectivity index (χ1n) is 7.54. The fourth-order valence-electron chi connectivity index (χ4n) is 2.22. The van der Waals surface area contributed by atoms with Crippen LogP contribution in [0.15, 0.2) is 24.3 Å². The number of rotatable bonds is 8. The van der Waals surface area contributed by atoms with Crippen molar-refractivity contribution in [2.45, 2.75) is 27.2 Å². The number of hydrogen-bond donors (Lipinski definition) is 1. The molecule has 6 nitrogen and oxygen atoms in total. The summed E-state index contributed by atoms with van der Waals surface area (Å²) in [6.45, 7) is 5.63. The van der Waals surface area contributed by atoms with Gasteiger partial charge >= 0.3 is 17.9 Å². The second kappa shape index (κ2) is 8.92. The first kappa shape index (κ1) is 18.7. The van der Waals surface area contributed by atoms with E-state index in [1.165, 1.54) is 18.2 Å². The zero-order chi connectivity index (χ0) is 17.4. The summed E-state index contributed by atoms with van der Waals surface area (Å²) in [4.78, 5) is 34.8. The third kappa shape index (κ3) is 5.39. The summed E-state index contributed by atoms with van der Waals surface area (Å²) in [6.07, 6.45) is 0.683. The zero-order valence-electron chi connectivity index (χ0n) is 13.6. The predicted molar refractivity (Wildman–Crippen MR) is 83.3 cm³/mol. The molecule has 0 bridgehead atoms. The maximum Gasteiger partial charge on any atom is 0.339 e. The molecule has 1 atom stereocenters. The number of hydrogen-bond acceptors (Lipinski definition) is 5. The molecule has 0 heterocycles. The standard InChI is InChI=1S/C17H22O6/c1-4-12(11(2)3)16(20)22-9-10-23-17(21)14-8-6-5-7-13(14)15(18)19/h5-8,11-12H,4,9-10H2,1-3H3,(H,18,19). The smallest absolute Gasteiger partial charge is 0.339 e. The molecule has 1 rings (SSSR count). The van der Waals surface area contributed by atoms with Crippen molar-refractivity contribution in [3.8, 4) is 0 Å². The van der Waals surface area contributed by atoms with Gasteiger partial charge < -0.3 is 14.6 Å². The Morgan fingerprint density at radius 1 is 1.04 bits per heavy atom. The van der Waals surface area contributed by atoms with Crippen LogP contribution in [0.1, 0.15) is 47.9 Å². The van der Waals surface area contributed by atoms with Crippen LogP contribution in [-0.2, 0) is 14.3 Å². The molecule has 23 heavy (non-hydrogen) atoms. The van der Waals surface area contributed by atoms with Gasteiger partial charge in [0.1, 0.15) is 13.2 Å². The minimum atomic E-state index is -1.20. The Kier molecular flexibility index (Phi) is 7.25. The van der Waals surface area contributed by atoms with Gasteiger partial charge in [-0.1, -0.05) is 32.9 Å². The average Bonchev–Trinajstić information content (AvgIpc) is 2.51. The summed E-state index contributed by atoms with van der Waals surface area (Å²) in [5.74, 6) is -2.28. The van der Waals surface area contributed by atoms with Crippen molar-refractivity contribution in [1.82, 2.24) is 0 Å². The van der Waals surface area contributed by atoms with Crippen LogP contribution in [0.25, 0.3) is 0 Å². The Labute approximate surface area is 135 Å². The van der Waals surface area contributed by atoms with E-state index in [-0.39, 0.29) is 42.1 Å². The highest BCUT2D eigenvalue weighted by Crippen LogP contribution is 2.16. The van der Waals surface area contributed by atoms with E-state index in [1.54, 1.807) is 6.07 Å². The summed E-state index contributed by atoms with van der Waals surface area (Å²) in [5, 5.41) is 9.02. The average molecular weight is 322 g/mol. The molecule has 126 valence electrons. The molecule has 1 N–H and O–H groups in total. The molecule has 1 aromatic rings. The topological polar surface area (TPSA) is 89.9 Å². The molecule has 0 saturated carbocycles. The van der Waals surface area contributed by atoms with E-state index in [9.17, 15) is 14.4 Å². The molecule has 1 aromatic carbocycles. The molecule has 0 aliphatic carbocycles. The lowest BCUT2D eigenvalue weighted by Crippen LogP contribution is -2.24. The predicted octanol–water partition coefficient (Wildman–Crippen LogP) is 2.77. The van der Waals surface area contributed by atoms with Crippen molar-refractivity contribution in [3.05, 3.63) is 35.4 Å². The van der Waals surface area contributed by atoms with Crippen molar-refractivity contribution in [2.75, 3.05) is 13.2 Å². The van der Waals surface area contributed by atoms with Crippen LogP contribution in [0.5, 0.6) is 0 Å². The number of ether oxygens (including phenoxy) is 2. The second-order valence-corrected chi connectivity index (χ2v) is 5.41. The van der Waals surface area contributed by atoms with Crippen molar-refractivity contribution in [1.29, 1.82) is 0 Å². The van der Waals surface area contributed by atoms with Gasteiger partial charge in [0.05, 0.1) is 17.0 Å². The number of carbonyl (C=O) groups is 3. The minimum absolute atomic E-state index is 0.0278. The van der Waals surface area contributed by atoms with Crippen molar-refractivity contribution in [2.24, 2.45) is 11.8 Å². The van der Waals surface area contributed by atoms with Crippen molar-refractivity contribution in [3.63, 3.8) is 0 Å². The second-order valence-electron chi connectivity index (χ2n) is 5.41. The zero-order valence-corrected chi connectivity index (χ0v) is 13.6. The quantitative estimate of drug-likeness (QED) is 0.584. The first-order valence-corrected chi connectivity index (χ1v) is 7.54. The van der Waals surface area contributed by atoms with Gasteiger partial charge in [-0.05, 0) is 24.5 Å². The van der Waals surface area contributed by atoms with E-state index in [0.717, 1.165) is 0 Å². The molecular weight excluding hydrogens is 300 g/mol.